The van der Waals surface area contributed by atoms with Crippen LogP contribution in [0.5, 0.6) is 11.5 Å². The monoisotopic (exact) mass is 438 g/mol. The van der Waals surface area contributed by atoms with Gasteiger partial charge < -0.3 is 14.0 Å². The lowest BCUT2D eigenvalue weighted by Crippen LogP contribution is -2.65. The Labute approximate surface area is 185 Å². The third kappa shape index (κ3) is 4.04. The van der Waals surface area contributed by atoms with Gasteiger partial charge in [-0.05, 0) is 61.9 Å². The van der Waals surface area contributed by atoms with Crippen LogP contribution >= 0.6 is 11.6 Å². The number of aryl methyl sites for hydroxylation is 1. The van der Waals surface area contributed by atoms with E-state index in [0.29, 0.717) is 28.9 Å². The van der Waals surface area contributed by atoms with Gasteiger partial charge in [0.25, 0.3) is 0 Å². The van der Waals surface area contributed by atoms with Crippen molar-refractivity contribution >= 4 is 17.4 Å². The summed E-state index contributed by atoms with van der Waals surface area (Å²) < 4.78 is 16.8. The van der Waals surface area contributed by atoms with Crippen LogP contribution in [0.25, 0.3) is 0 Å². The maximum absolute atomic E-state index is 12.4. The molecule has 3 aliphatic rings. The van der Waals surface area contributed by atoms with Crippen LogP contribution < -0.4 is 9.47 Å². The molecule has 0 atom stereocenters. The van der Waals surface area contributed by atoms with Gasteiger partial charge in [-0.15, -0.1) is 0 Å². The highest BCUT2D eigenvalue weighted by atomic mass is 35.5. The zero-order valence-corrected chi connectivity index (χ0v) is 18.0. The van der Waals surface area contributed by atoms with E-state index in [1.165, 1.54) is 5.56 Å². The summed E-state index contributed by atoms with van der Waals surface area (Å²) in [6.45, 7) is 2.37. The van der Waals surface area contributed by atoms with Crippen molar-refractivity contribution in [2.75, 3.05) is 6.61 Å². The fourth-order valence-electron chi connectivity index (χ4n) is 4.91. The van der Waals surface area contributed by atoms with E-state index in [9.17, 15) is 4.79 Å². The van der Waals surface area contributed by atoms with Crippen molar-refractivity contribution in [2.45, 2.75) is 44.6 Å². The number of hydrogen-bond donors (Lipinski definition) is 0. The van der Waals surface area contributed by atoms with E-state index >= 15 is 0 Å². The van der Waals surface area contributed by atoms with Crippen molar-refractivity contribution in [3.63, 3.8) is 0 Å². The second kappa shape index (κ2) is 7.68. The molecule has 0 N–H and O–H groups in total. The average molecular weight is 439 g/mol. The normalized spacial score (nSPS) is 23.5. The first-order valence-corrected chi connectivity index (χ1v) is 10.7. The molecule has 2 aromatic carbocycles. The average Bonchev–Trinajstić information content (AvgIpc) is 3.16. The summed E-state index contributed by atoms with van der Waals surface area (Å²) in [7, 11) is 0. The lowest BCUT2D eigenvalue weighted by atomic mass is 9.34. The molecule has 1 aromatic heterocycles. The van der Waals surface area contributed by atoms with Crippen molar-refractivity contribution in [2.24, 2.45) is 5.41 Å². The number of Topliss-reactive ketones (excluding diaryl/α,β-unsaturated/α-hetero) is 1. The first-order valence-electron chi connectivity index (χ1n) is 10.4. The molecule has 2 bridgehead atoms. The smallest absolute Gasteiger partial charge is 0.233 e. The van der Waals surface area contributed by atoms with E-state index in [0.717, 1.165) is 25.0 Å². The molecule has 6 rings (SSSR count). The Morgan fingerprint density at radius 1 is 1.10 bits per heavy atom. The van der Waals surface area contributed by atoms with Gasteiger partial charge in [-0.2, -0.15) is 4.98 Å². The van der Waals surface area contributed by atoms with E-state index in [4.69, 9.17) is 25.6 Å². The van der Waals surface area contributed by atoms with Crippen LogP contribution in [0, 0.1) is 12.3 Å². The summed E-state index contributed by atoms with van der Waals surface area (Å²) in [5.74, 6) is 2.70. The van der Waals surface area contributed by atoms with Gasteiger partial charge in [0, 0.05) is 11.4 Å². The number of carbonyl (C=O) groups excluding carboxylic acids is 1. The van der Waals surface area contributed by atoms with Crippen LogP contribution in [0.3, 0.4) is 0 Å². The van der Waals surface area contributed by atoms with Gasteiger partial charge in [0.1, 0.15) is 18.1 Å². The van der Waals surface area contributed by atoms with Gasteiger partial charge in [0.15, 0.2) is 12.4 Å². The molecular weight excluding hydrogens is 416 g/mol. The molecule has 3 aromatic rings. The number of rotatable bonds is 9. The minimum absolute atomic E-state index is 0.0573. The quantitative estimate of drug-likeness (QED) is 0.464. The highest BCUT2D eigenvalue weighted by Crippen LogP contribution is 2.74. The van der Waals surface area contributed by atoms with Gasteiger partial charge in [0.2, 0.25) is 11.7 Å². The van der Waals surface area contributed by atoms with Crippen LogP contribution in [0.15, 0.2) is 53.1 Å². The molecule has 0 spiro atoms. The molecule has 31 heavy (non-hydrogen) atoms. The maximum Gasteiger partial charge on any atom is 0.233 e. The minimum Gasteiger partial charge on any atom is -0.486 e. The van der Waals surface area contributed by atoms with E-state index in [1.54, 1.807) is 24.3 Å². The zero-order valence-electron chi connectivity index (χ0n) is 17.3. The summed E-state index contributed by atoms with van der Waals surface area (Å²) in [6, 6.07) is 14.9. The molecule has 0 aliphatic heterocycles. The van der Waals surface area contributed by atoms with Gasteiger partial charge in [-0.3, -0.25) is 4.79 Å². The highest BCUT2D eigenvalue weighted by Gasteiger charge is 2.71. The molecule has 0 unspecified atom stereocenters. The summed E-state index contributed by atoms with van der Waals surface area (Å²) in [5.41, 5.74) is 1.17. The second-order valence-electron chi connectivity index (χ2n) is 8.89. The van der Waals surface area contributed by atoms with Crippen molar-refractivity contribution in [1.82, 2.24) is 10.1 Å². The fourth-order valence-corrected chi connectivity index (χ4v) is 5.09. The predicted molar refractivity (Wildman–Crippen MR) is 114 cm³/mol. The maximum atomic E-state index is 12.4. The van der Waals surface area contributed by atoms with Gasteiger partial charge >= 0.3 is 0 Å². The lowest BCUT2D eigenvalue weighted by Gasteiger charge is -2.68. The minimum atomic E-state index is -0.0663. The first kappa shape index (κ1) is 20.1. The number of hydrogen-bond acceptors (Lipinski definition) is 6. The van der Waals surface area contributed by atoms with Crippen LogP contribution in [0.2, 0.25) is 5.02 Å². The second-order valence-corrected chi connectivity index (χ2v) is 9.33. The Kier molecular flexibility index (Phi) is 4.97. The zero-order chi connectivity index (χ0) is 21.5. The molecule has 7 heteroatoms. The van der Waals surface area contributed by atoms with E-state index < -0.39 is 0 Å². The van der Waals surface area contributed by atoms with Crippen LogP contribution in [0.1, 0.15) is 43.0 Å². The summed E-state index contributed by atoms with van der Waals surface area (Å²) in [5, 5.41) is 4.66. The van der Waals surface area contributed by atoms with Gasteiger partial charge in [-0.1, -0.05) is 40.5 Å². The number of aromatic nitrogens is 2. The lowest BCUT2D eigenvalue weighted by molar-refractivity contribution is -0.168. The first-order chi connectivity index (χ1) is 14.9. The van der Waals surface area contributed by atoms with Crippen molar-refractivity contribution < 1.29 is 18.8 Å². The molecule has 160 valence electrons. The third-order valence-corrected chi connectivity index (χ3v) is 6.45. The number of nitrogens with zero attached hydrogens (tertiary/aromatic N) is 2. The Morgan fingerprint density at radius 3 is 2.61 bits per heavy atom. The predicted octanol–water partition coefficient (Wildman–Crippen LogP) is 5.07. The van der Waals surface area contributed by atoms with Crippen molar-refractivity contribution in [3.05, 3.63) is 70.8 Å². The fraction of sp³-hybridized carbons (Fsp3) is 0.375. The topological polar surface area (TPSA) is 74.5 Å². The number of benzene rings is 2. The molecule has 3 fully saturated rings. The Balaban J connectivity index is 1.10. The van der Waals surface area contributed by atoms with Crippen LogP contribution in [0.4, 0.5) is 0 Å². The SMILES string of the molecule is Cc1ccc(OCc2noc(C34CC(CC(=O)COc5cccc(Cl)c5)(C3)C4)n2)cc1. The number of ether oxygens (including phenoxy) is 2. The summed E-state index contributed by atoms with van der Waals surface area (Å²) in [4.78, 5) is 16.9. The molecule has 3 saturated carbocycles. The summed E-state index contributed by atoms with van der Waals surface area (Å²) >= 11 is 5.94. The van der Waals surface area contributed by atoms with Crippen LogP contribution in [-0.2, 0) is 16.8 Å². The molecule has 0 saturated heterocycles. The van der Waals surface area contributed by atoms with E-state index in [1.807, 2.05) is 31.2 Å². The van der Waals surface area contributed by atoms with Crippen molar-refractivity contribution in [3.8, 4) is 11.5 Å². The Morgan fingerprint density at radius 2 is 1.87 bits per heavy atom. The van der Waals surface area contributed by atoms with E-state index in [2.05, 4.69) is 10.1 Å². The molecule has 3 aliphatic carbocycles. The third-order valence-electron chi connectivity index (χ3n) is 6.22. The Hall–Kier alpha value is -2.86. The van der Waals surface area contributed by atoms with Gasteiger partial charge in [0.05, 0.1) is 5.41 Å². The Bertz CT molecular complexity index is 1090. The molecule has 1 heterocycles. The van der Waals surface area contributed by atoms with E-state index in [-0.39, 0.29) is 29.8 Å². The number of carbonyl (C=O) groups is 1. The summed E-state index contributed by atoms with van der Waals surface area (Å²) in [6.07, 6.45) is 3.24. The highest BCUT2D eigenvalue weighted by molar-refractivity contribution is 6.30. The molecule has 0 radical (unpaired) electrons. The van der Waals surface area contributed by atoms with Crippen molar-refractivity contribution in [1.29, 1.82) is 0 Å². The molecular formula is C24H23ClN2O4. The van der Waals surface area contributed by atoms with Crippen LogP contribution in [-0.4, -0.2) is 22.5 Å². The van der Waals surface area contributed by atoms with Gasteiger partial charge in [-0.25, -0.2) is 0 Å². The number of halogens is 1. The molecule has 6 nitrogen and oxygen atoms in total. The largest absolute Gasteiger partial charge is 0.486 e. The molecule has 0 amide bonds. The standard InChI is InChI=1S/C24H23ClN2O4/c1-16-5-7-19(8-6-16)30-12-21-26-22(31-27-21)24-13-23(14-24,15-24)10-18(28)11-29-20-4-2-3-17(25)9-20/h2-9H,10-15H2,1H3. The number of ketones is 1.